The van der Waals surface area contributed by atoms with Crippen LogP contribution < -0.4 is 0 Å². The van der Waals surface area contributed by atoms with Crippen LogP contribution >= 0.6 is 11.6 Å². The van der Waals surface area contributed by atoms with Gasteiger partial charge in [0.15, 0.2) is 9.84 Å². The predicted octanol–water partition coefficient (Wildman–Crippen LogP) is 2.72. The minimum Gasteiger partial charge on any atom is -0.229 e. The lowest BCUT2D eigenvalue weighted by Crippen LogP contribution is -2.40. The van der Waals surface area contributed by atoms with E-state index in [9.17, 15) is 16.8 Å². The molecule has 1 aliphatic heterocycles. The molecule has 1 saturated heterocycles. The molecule has 1 atom stereocenters. The molecule has 1 fully saturated rings. The van der Waals surface area contributed by atoms with Crippen molar-refractivity contribution in [1.82, 2.24) is 4.31 Å². The fraction of sp³-hybridized carbons (Fsp3) is 0.294. The molecule has 0 aliphatic carbocycles. The van der Waals surface area contributed by atoms with E-state index in [1.165, 1.54) is 28.6 Å². The van der Waals surface area contributed by atoms with Crippen LogP contribution in [0.2, 0.25) is 5.02 Å². The van der Waals surface area contributed by atoms with Crippen LogP contribution in [0.4, 0.5) is 0 Å². The van der Waals surface area contributed by atoms with Crippen LogP contribution in [0.3, 0.4) is 0 Å². The van der Waals surface area contributed by atoms with E-state index in [4.69, 9.17) is 11.6 Å². The molecule has 0 bridgehead atoms. The van der Waals surface area contributed by atoms with E-state index in [0.29, 0.717) is 11.4 Å². The highest BCUT2D eigenvalue weighted by atomic mass is 35.5. The molecule has 1 heterocycles. The van der Waals surface area contributed by atoms with Gasteiger partial charge in [0.25, 0.3) is 0 Å². The molecule has 2 aromatic rings. The van der Waals surface area contributed by atoms with Crippen molar-refractivity contribution in [2.75, 3.05) is 11.5 Å². The third-order valence-corrected chi connectivity index (χ3v) is 8.13. The standard InChI is InChI=1S/C17H18ClNO4S2/c18-15-6-8-17(9-7-15)25(22,23)19(12-14-4-2-1-3-5-14)16-10-11-24(20,21)13-16/h1-9,16H,10-13H2. The molecule has 0 amide bonds. The maximum absolute atomic E-state index is 13.1. The first-order valence-corrected chi connectivity index (χ1v) is 11.4. The molecule has 5 nitrogen and oxygen atoms in total. The second-order valence-electron chi connectivity index (χ2n) is 6.05. The molecule has 0 aromatic heterocycles. The van der Waals surface area contributed by atoms with Crippen LogP contribution in [0.25, 0.3) is 0 Å². The second kappa shape index (κ2) is 7.07. The van der Waals surface area contributed by atoms with Gasteiger partial charge >= 0.3 is 0 Å². The molecule has 0 radical (unpaired) electrons. The molecule has 1 aliphatic rings. The summed E-state index contributed by atoms with van der Waals surface area (Å²) in [4.78, 5) is 0.108. The Labute approximate surface area is 153 Å². The number of rotatable bonds is 5. The first-order valence-electron chi connectivity index (χ1n) is 7.80. The molecule has 0 N–H and O–H groups in total. The lowest BCUT2D eigenvalue weighted by atomic mass is 10.2. The molecule has 25 heavy (non-hydrogen) atoms. The highest BCUT2D eigenvalue weighted by Crippen LogP contribution is 2.27. The summed E-state index contributed by atoms with van der Waals surface area (Å²) in [5.41, 5.74) is 0.810. The average molecular weight is 400 g/mol. The van der Waals surface area contributed by atoms with Gasteiger partial charge in [-0.2, -0.15) is 4.31 Å². The van der Waals surface area contributed by atoms with Crippen molar-refractivity contribution in [2.24, 2.45) is 0 Å². The molecule has 8 heteroatoms. The van der Waals surface area contributed by atoms with Gasteiger partial charge in [-0.05, 0) is 36.2 Å². The summed E-state index contributed by atoms with van der Waals surface area (Å²) in [5.74, 6) is -0.133. The monoisotopic (exact) mass is 399 g/mol. The normalized spacial score (nSPS) is 20.0. The summed E-state index contributed by atoms with van der Waals surface area (Å²) >= 11 is 5.85. The Morgan fingerprint density at radius 3 is 2.24 bits per heavy atom. The molecular weight excluding hydrogens is 382 g/mol. The Balaban J connectivity index is 1.99. The summed E-state index contributed by atoms with van der Waals surface area (Å²) in [6.07, 6.45) is 0.308. The molecular formula is C17H18ClNO4S2. The number of hydrogen-bond acceptors (Lipinski definition) is 4. The van der Waals surface area contributed by atoms with Crippen LogP contribution in [0, 0.1) is 0 Å². The fourth-order valence-corrected chi connectivity index (χ4v) is 6.51. The first kappa shape index (κ1) is 18.4. The maximum Gasteiger partial charge on any atom is 0.243 e. The van der Waals surface area contributed by atoms with Crippen molar-refractivity contribution in [3.05, 3.63) is 65.2 Å². The number of benzene rings is 2. The number of sulfonamides is 1. The summed E-state index contributed by atoms with van der Waals surface area (Å²) in [6.45, 7) is 0.131. The third kappa shape index (κ3) is 4.23. The van der Waals surface area contributed by atoms with E-state index in [1.54, 1.807) is 0 Å². The van der Waals surface area contributed by atoms with Crippen LogP contribution in [-0.2, 0) is 26.4 Å². The van der Waals surface area contributed by atoms with E-state index in [0.717, 1.165) is 5.56 Å². The van der Waals surface area contributed by atoms with Gasteiger partial charge in [-0.3, -0.25) is 0 Å². The fourth-order valence-electron chi connectivity index (χ4n) is 2.92. The second-order valence-corrected chi connectivity index (χ2v) is 10.6. The maximum atomic E-state index is 13.1. The Morgan fingerprint density at radius 2 is 1.68 bits per heavy atom. The Bertz CT molecular complexity index is 942. The van der Waals surface area contributed by atoms with E-state index >= 15 is 0 Å². The number of hydrogen-bond donors (Lipinski definition) is 0. The van der Waals surface area contributed by atoms with Crippen molar-refractivity contribution in [3.63, 3.8) is 0 Å². The zero-order chi connectivity index (χ0) is 18.1. The number of sulfone groups is 1. The van der Waals surface area contributed by atoms with Crippen molar-refractivity contribution in [3.8, 4) is 0 Å². The molecule has 1 unspecified atom stereocenters. The van der Waals surface area contributed by atoms with E-state index in [-0.39, 0.29) is 22.9 Å². The average Bonchev–Trinajstić information content (AvgIpc) is 2.93. The highest BCUT2D eigenvalue weighted by molar-refractivity contribution is 7.92. The molecule has 0 saturated carbocycles. The number of nitrogens with zero attached hydrogens (tertiary/aromatic N) is 1. The van der Waals surface area contributed by atoms with Gasteiger partial charge in [0.1, 0.15) is 0 Å². The van der Waals surface area contributed by atoms with Crippen LogP contribution in [0.1, 0.15) is 12.0 Å². The minimum atomic E-state index is -3.84. The van der Waals surface area contributed by atoms with Gasteiger partial charge in [0.05, 0.1) is 16.4 Å². The zero-order valence-corrected chi connectivity index (χ0v) is 15.8. The highest BCUT2D eigenvalue weighted by Gasteiger charge is 2.38. The summed E-state index contributed by atoms with van der Waals surface area (Å²) < 4.78 is 51.3. The Kier molecular flexibility index (Phi) is 5.20. The smallest absolute Gasteiger partial charge is 0.229 e. The van der Waals surface area contributed by atoms with Crippen LogP contribution in [0.15, 0.2) is 59.5 Å². The van der Waals surface area contributed by atoms with Crippen LogP contribution in [-0.4, -0.2) is 38.7 Å². The van der Waals surface area contributed by atoms with E-state index in [2.05, 4.69) is 0 Å². The Hall–Kier alpha value is -1.41. The summed E-state index contributed by atoms with van der Waals surface area (Å²) in [6, 6.07) is 14.5. The predicted molar refractivity (Wildman–Crippen MR) is 97.7 cm³/mol. The minimum absolute atomic E-state index is 0.0130. The van der Waals surface area contributed by atoms with Gasteiger partial charge in [-0.15, -0.1) is 0 Å². The van der Waals surface area contributed by atoms with E-state index in [1.807, 2.05) is 30.3 Å². The molecule has 134 valence electrons. The van der Waals surface area contributed by atoms with Crippen molar-refractivity contribution in [2.45, 2.75) is 23.9 Å². The molecule has 2 aromatic carbocycles. The van der Waals surface area contributed by atoms with Gasteiger partial charge in [-0.25, -0.2) is 16.8 Å². The third-order valence-electron chi connectivity index (χ3n) is 4.22. The quantitative estimate of drug-likeness (QED) is 0.775. The largest absolute Gasteiger partial charge is 0.243 e. The Morgan fingerprint density at radius 1 is 1.04 bits per heavy atom. The summed E-state index contributed by atoms with van der Waals surface area (Å²) in [7, 11) is -7.05. The molecule has 0 spiro atoms. The lowest BCUT2D eigenvalue weighted by molar-refractivity contribution is 0.334. The molecule has 3 rings (SSSR count). The summed E-state index contributed by atoms with van der Waals surface area (Å²) in [5, 5.41) is 0.442. The van der Waals surface area contributed by atoms with Gasteiger partial charge in [0.2, 0.25) is 10.0 Å². The van der Waals surface area contributed by atoms with Gasteiger partial charge in [-0.1, -0.05) is 41.9 Å². The first-order chi connectivity index (χ1) is 11.8. The van der Waals surface area contributed by atoms with E-state index < -0.39 is 25.9 Å². The van der Waals surface area contributed by atoms with Gasteiger partial charge in [0, 0.05) is 17.6 Å². The lowest BCUT2D eigenvalue weighted by Gasteiger charge is -2.27. The van der Waals surface area contributed by atoms with Crippen molar-refractivity contribution >= 4 is 31.5 Å². The number of halogens is 1. The topological polar surface area (TPSA) is 71.5 Å². The zero-order valence-electron chi connectivity index (χ0n) is 13.4. The SMILES string of the molecule is O=S1(=O)CCC(N(Cc2ccccc2)S(=O)(=O)c2ccc(Cl)cc2)C1. The van der Waals surface area contributed by atoms with Crippen molar-refractivity contribution in [1.29, 1.82) is 0 Å². The van der Waals surface area contributed by atoms with Crippen molar-refractivity contribution < 1.29 is 16.8 Å². The van der Waals surface area contributed by atoms with Gasteiger partial charge < -0.3 is 0 Å². The van der Waals surface area contributed by atoms with Crippen LogP contribution in [0.5, 0.6) is 0 Å².